The number of alkyl halides is 3. The number of nitrogens with one attached hydrogen (secondary N) is 1. The van der Waals surface area contributed by atoms with Gasteiger partial charge in [-0.15, -0.1) is 0 Å². The van der Waals surface area contributed by atoms with Gasteiger partial charge in [-0.3, -0.25) is 4.68 Å². The fourth-order valence-electron chi connectivity index (χ4n) is 3.40. The monoisotopic (exact) mass is 396 g/mol. The number of piperazine rings is 1. The lowest BCUT2D eigenvalue weighted by Gasteiger charge is -2.35. The number of likely N-dealkylation sites (N-methyl/N-ethyl adjacent to an activating group) is 1. The lowest BCUT2D eigenvalue weighted by Crippen LogP contribution is -2.45. The van der Waals surface area contributed by atoms with Crippen molar-refractivity contribution in [2.24, 2.45) is 0 Å². The van der Waals surface area contributed by atoms with Crippen LogP contribution < -0.4 is 10.2 Å². The molecule has 1 unspecified atom stereocenters. The van der Waals surface area contributed by atoms with Gasteiger partial charge >= 0.3 is 6.18 Å². The van der Waals surface area contributed by atoms with Gasteiger partial charge in [0, 0.05) is 44.5 Å². The first-order valence-electron chi connectivity index (χ1n) is 9.56. The van der Waals surface area contributed by atoms with E-state index in [4.69, 9.17) is 0 Å². The van der Waals surface area contributed by atoms with Crippen molar-refractivity contribution >= 4 is 5.69 Å². The molecule has 1 fully saturated rings. The van der Waals surface area contributed by atoms with Gasteiger partial charge in [0.15, 0.2) is 0 Å². The average molecular weight is 396 g/mol. The summed E-state index contributed by atoms with van der Waals surface area (Å²) in [5.74, 6) is 0. The van der Waals surface area contributed by atoms with E-state index in [1.807, 2.05) is 6.92 Å². The molecule has 3 rings (SSSR count). The van der Waals surface area contributed by atoms with E-state index in [1.54, 1.807) is 17.1 Å². The zero-order chi connectivity index (χ0) is 20.1. The Labute approximate surface area is 163 Å². The van der Waals surface area contributed by atoms with Gasteiger partial charge in [0.1, 0.15) is 12.7 Å². The molecule has 2 aromatic rings. The first-order chi connectivity index (χ1) is 13.4. The minimum Gasteiger partial charge on any atom is -0.369 e. The highest BCUT2D eigenvalue weighted by atomic mass is 19.4. The van der Waals surface area contributed by atoms with Crippen molar-refractivity contribution in [2.45, 2.75) is 38.7 Å². The predicted molar refractivity (Wildman–Crippen MR) is 102 cm³/mol. The number of halogens is 3. The van der Waals surface area contributed by atoms with Crippen LogP contribution in [0.15, 0.2) is 30.9 Å². The van der Waals surface area contributed by atoms with Crippen LogP contribution in [-0.2, 0) is 19.3 Å². The zero-order valence-corrected chi connectivity index (χ0v) is 16.3. The normalized spacial score (nSPS) is 17.1. The number of hydrogen-bond acceptors (Lipinski definition) is 5. The molecule has 0 amide bonds. The van der Waals surface area contributed by atoms with E-state index in [-0.39, 0.29) is 6.04 Å². The highest BCUT2D eigenvalue weighted by Crippen LogP contribution is 2.33. The molecule has 1 aliphatic heterocycles. The van der Waals surface area contributed by atoms with Crippen molar-refractivity contribution < 1.29 is 13.2 Å². The van der Waals surface area contributed by atoms with Gasteiger partial charge in [-0.25, -0.2) is 4.98 Å². The van der Waals surface area contributed by atoms with Crippen LogP contribution in [0.4, 0.5) is 18.9 Å². The first-order valence-corrected chi connectivity index (χ1v) is 9.56. The van der Waals surface area contributed by atoms with Crippen LogP contribution >= 0.6 is 0 Å². The Morgan fingerprint density at radius 1 is 1.18 bits per heavy atom. The third-order valence-corrected chi connectivity index (χ3v) is 5.20. The summed E-state index contributed by atoms with van der Waals surface area (Å²) in [6.07, 6.45) is -0.391. The van der Waals surface area contributed by atoms with E-state index in [9.17, 15) is 13.2 Å². The third-order valence-electron chi connectivity index (χ3n) is 5.20. The van der Waals surface area contributed by atoms with Gasteiger partial charge in [0.2, 0.25) is 0 Å². The highest BCUT2D eigenvalue weighted by molar-refractivity contribution is 5.56. The summed E-state index contributed by atoms with van der Waals surface area (Å²) in [6.45, 7) is 6.46. The Morgan fingerprint density at radius 2 is 1.93 bits per heavy atom. The lowest BCUT2D eigenvalue weighted by molar-refractivity contribution is -0.137. The van der Waals surface area contributed by atoms with Gasteiger partial charge < -0.3 is 15.1 Å². The van der Waals surface area contributed by atoms with Gasteiger partial charge in [0.25, 0.3) is 0 Å². The van der Waals surface area contributed by atoms with Crippen molar-refractivity contribution in [3.8, 4) is 0 Å². The molecule has 6 nitrogen and oxygen atoms in total. The van der Waals surface area contributed by atoms with E-state index >= 15 is 0 Å². The number of hydrogen-bond donors (Lipinski definition) is 1. The smallest absolute Gasteiger partial charge is 0.369 e. The fraction of sp³-hybridized carbons (Fsp3) is 0.579. The molecule has 0 bridgehead atoms. The molecule has 154 valence electrons. The summed E-state index contributed by atoms with van der Waals surface area (Å²) in [6, 6.07) is 4.17. The van der Waals surface area contributed by atoms with Gasteiger partial charge in [-0.2, -0.15) is 18.3 Å². The molecule has 1 atom stereocenters. The molecule has 1 aromatic heterocycles. The Balaban J connectivity index is 1.77. The molecule has 1 saturated heterocycles. The highest BCUT2D eigenvalue weighted by Gasteiger charge is 2.31. The maximum atomic E-state index is 13.3. The van der Waals surface area contributed by atoms with E-state index in [1.165, 1.54) is 18.5 Å². The molecular weight excluding hydrogens is 369 g/mol. The lowest BCUT2D eigenvalue weighted by atomic mass is 10.1. The molecule has 0 aliphatic carbocycles. The summed E-state index contributed by atoms with van der Waals surface area (Å²) in [4.78, 5) is 8.34. The summed E-state index contributed by atoms with van der Waals surface area (Å²) in [5, 5.41) is 7.51. The zero-order valence-electron chi connectivity index (χ0n) is 16.3. The minimum atomic E-state index is -4.35. The maximum Gasteiger partial charge on any atom is 0.416 e. The fourth-order valence-corrected chi connectivity index (χ4v) is 3.40. The molecule has 9 heteroatoms. The van der Waals surface area contributed by atoms with Crippen molar-refractivity contribution in [2.75, 3.05) is 38.1 Å². The standard InChI is InChI=1S/C19H27F3N6/c1-3-17(12-28-14-23-13-25-28)24-11-15-10-16(19(20,21)22)4-5-18(15)27-8-6-26(2)7-9-27/h4-5,10,13-14,17,24H,3,6-9,11-12H2,1-2H3. The summed E-state index contributed by atoms with van der Waals surface area (Å²) in [5.41, 5.74) is 0.951. The number of anilines is 1. The average Bonchev–Trinajstić information content (AvgIpc) is 3.18. The molecule has 1 aliphatic rings. The second-order valence-corrected chi connectivity index (χ2v) is 7.24. The Bertz CT molecular complexity index is 739. The van der Waals surface area contributed by atoms with Crippen LogP contribution in [-0.4, -0.2) is 58.9 Å². The van der Waals surface area contributed by atoms with Crippen LogP contribution in [0.5, 0.6) is 0 Å². The largest absolute Gasteiger partial charge is 0.416 e. The second kappa shape index (κ2) is 8.91. The number of benzene rings is 1. The summed E-state index contributed by atoms with van der Waals surface area (Å²) < 4.78 is 41.5. The van der Waals surface area contributed by atoms with Gasteiger partial charge in [-0.05, 0) is 37.2 Å². The molecule has 0 saturated carbocycles. The predicted octanol–water partition coefficient (Wildman–Crippen LogP) is 2.62. The summed E-state index contributed by atoms with van der Waals surface area (Å²) in [7, 11) is 2.06. The van der Waals surface area contributed by atoms with E-state index in [2.05, 4.69) is 32.2 Å². The van der Waals surface area contributed by atoms with Crippen LogP contribution in [0.2, 0.25) is 0 Å². The topological polar surface area (TPSA) is 49.2 Å². The Hall–Kier alpha value is -2.13. The summed E-state index contributed by atoms with van der Waals surface area (Å²) >= 11 is 0. The third kappa shape index (κ3) is 5.23. The quantitative estimate of drug-likeness (QED) is 0.780. The molecule has 28 heavy (non-hydrogen) atoms. The van der Waals surface area contributed by atoms with Crippen molar-refractivity contribution in [3.05, 3.63) is 42.0 Å². The second-order valence-electron chi connectivity index (χ2n) is 7.24. The van der Waals surface area contributed by atoms with E-state index in [0.717, 1.165) is 38.3 Å². The number of nitrogens with zero attached hydrogens (tertiary/aromatic N) is 5. The molecular formula is C19H27F3N6. The van der Waals surface area contributed by atoms with Gasteiger partial charge in [-0.1, -0.05) is 6.92 Å². The molecule has 2 heterocycles. The Kier molecular flexibility index (Phi) is 6.56. The molecule has 0 radical (unpaired) electrons. The van der Waals surface area contributed by atoms with E-state index in [0.29, 0.717) is 18.7 Å². The minimum absolute atomic E-state index is 0.0941. The molecule has 0 spiro atoms. The Morgan fingerprint density at radius 3 is 2.54 bits per heavy atom. The van der Waals surface area contributed by atoms with Gasteiger partial charge in [0.05, 0.1) is 12.1 Å². The number of rotatable bonds is 7. The van der Waals surface area contributed by atoms with Crippen LogP contribution in [0.25, 0.3) is 0 Å². The maximum absolute atomic E-state index is 13.3. The van der Waals surface area contributed by atoms with Crippen LogP contribution in [0.1, 0.15) is 24.5 Å². The van der Waals surface area contributed by atoms with E-state index < -0.39 is 11.7 Å². The first kappa shape index (κ1) is 20.6. The van der Waals surface area contributed by atoms with Crippen molar-refractivity contribution in [1.82, 2.24) is 25.0 Å². The molecule has 1 N–H and O–H groups in total. The number of aromatic nitrogens is 3. The molecule has 1 aromatic carbocycles. The van der Waals surface area contributed by atoms with Crippen molar-refractivity contribution in [3.63, 3.8) is 0 Å². The van der Waals surface area contributed by atoms with Crippen LogP contribution in [0.3, 0.4) is 0 Å². The van der Waals surface area contributed by atoms with Crippen molar-refractivity contribution in [1.29, 1.82) is 0 Å². The van der Waals surface area contributed by atoms with Crippen LogP contribution in [0, 0.1) is 0 Å². The SMILES string of the molecule is CCC(Cn1cncn1)NCc1cc(C(F)(F)F)ccc1N1CCN(C)CC1.